The van der Waals surface area contributed by atoms with Crippen LogP contribution in [0.15, 0.2) is 83.8 Å². The monoisotopic (exact) mass is 414 g/mol. The highest BCUT2D eigenvalue weighted by Gasteiger charge is 2.27. The van der Waals surface area contributed by atoms with Gasteiger partial charge in [0.2, 0.25) is 5.91 Å². The van der Waals surface area contributed by atoms with Gasteiger partial charge in [0.05, 0.1) is 10.6 Å². The minimum Gasteiger partial charge on any atom is -0.325 e. The van der Waals surface area contributed by atoms with E-state index in [9.17, 15) is 13.2 Å². The molecule has 0 saturated carbocycles. The van der Waals surface area contributed by atoms with Crippen LogP contribution in [0.1, 0.15) is 5.56 Å². The molecule has 0 fully saturated rings. The summed E-state index contributed by atoms with van der Waals surface area (Å²) >= 11 is 5.85. The molecule has 0 aliphatic carbocycles. The number of nitrogens with zero attached hydrogens (tertiary/aromatic N) is 1. The fraction of sp³-hybridized carbons (Fsp3) is 0.0952. The number of rotatable bonds is 6. The number of aryl methyl sites for hydroxylation is 1. The first-order valence-corrected chi connectivity index (χ1v) is 10.4. The van der Waals surface area contributed by atoms with E-state index in [1.807, 2.05) is 13.0 Å². The molecule has 0 heterocycles. The van der Waals surface area contributed by atoms with Crippen molar-refractivity contribution >= 4 is 38.9 Å². The van der Waals surface area contributed by atoms with Crippen LogP contribution in [0.3, 0.4) is 0 Å². The second-order valence-corrected chi connectivity index (χ2v) is 8.52. The summed E-state index contributed by atoms with van der Waals surface area (Å²) in [5, 5.41) is 3.25. The first-order chi connectivity index (χ1) is 13.4. The normalized spacial score (nSPS) is 11.1. The van der Waals surface area contributed by atoms with Gasteiger partial charge in [-0.2, -0.15) is 0 Å². The lowest BCUT2D eigenvalue weighted by Gasteiger charge is -2.24. The van der Waals surface area contributed by atoms with Gasteiger partial charge in [0.15, 0.2) is 0 Å². The summed E-state index contributed by atoms with van der Waals surface area (Å²) in [6.07, 6.45) is 0. The maximum Gasteiger partial charge on any atom is 0.264 e. The summed E-state index contributed by atoms with van der Waals surface area (Å²) in [5.41, 5.74) is 1.86. The lowest BCUT2D eigenvalue weighted by atomic mass is 10.2. The van der Waals surface area contributed by atoms with Gasteiger partial charge in [-0.05, 0) is 61.0 Å². The van der Waals surface area contributed by atoms with Crippen LogP contribution in [0.4, 0.5) is 11.4 Å². The highest BCUT2D eigenvalue weighted by atomic mass is 35.5. The predicted molar refractivity (Wildman–Crippen MR) is 112 cm³/mol. The quantitative estimate of drug-likeness (QED) is 0.646. The Labute approximate surface area is 169 Å². The number of hydrogen-bond donors (Lipinski definition) is 1. The molecule has 0 aliphatic rings. The number of carbonyl (C=O) groups is 1. The first-order valence-electron chi connectivity index (χ1n) is 8.56. The Kier molecular flexibility index (Phi) is 6.02. The van der Waals surface area contributed by atoms with E-state index < -0.39 is 15.9 Å². The highest BCUT2D eigenvalue weighted by Crippen LogP contribution is 2.24. The van der Waals surface area contributed by atoms with E-state index in [4.69, 9.17) is 11.6 Å². The van der Waals surface area contributed by atoms with Gasteiger partial charge in [0, 0.05) is 10.7 Å². The molecule has 0 unspecified atom stereocenters. The largest absolute Gasteiger partial charge is 0.325 e. The van der Waals surface area contributed by atoms with Crippen molar-refractivity contribution in [2.24, 2.45) is 0 Å². The van der Waals surface area contributed by atoms with Gasteiger partial charge in [-0.3, -0.25) is 9.10 Å². The second kappa shape index (κ2) is 8.46. The van der Waals surface area contributed by atoms with Gasteiger partial charge >= 0.3 is 0 Å². The smallest absolute Gasteiger partial charge is 0.264 e. The van der Waals surface area contributed by atoms with Crippen molar-refractivity contribution in [3.63, 3.8) is 0 Å². The molecule has 0 atom stereocenters. The number of hydrogen-bond acceptors (Lipinski definition) is 3. The minimum absolute atomic E-state index is 0.121. The maximum absolute atomic E-state index is 13.2. The Morgan fingerprint density at radius 2 is 1.64 bits per heavy atom. The van der Waals surface area contributed by atoms with E-state index in [1.165, 1.54) is 12.1 Å². The second-order valence-electron chi connectivity index (χ2n) is 6.22. The molecule has 3 aromatic carbocycles. The SMILES string of the molecule is Cc1cccc(N(CC(=O)Nc2ccc(Cl)cc2)S(=O)(=O)c2ccccc2)c1. The standard InChI is InChI=1S/C21H19ClN2O3S/c1-16-6-5-7-19(14-16)24(28(26,27)20-8-3-2-4-9-20)15-21(25)23-18-12-10-17(22)11-13-18/h2-14H,15H2,1H3,(H,23,25). The molecule has 0 spiro atoms. The van der Waals surface area contributed by atoms with E-state index in [0.29, 0.717) is 16.4 Å². The zero-order valence-corrected chi connectivity index (χ0v) is 16.7. The maximum atomic E-state index is 13.2. The first kappa shape index (κ1) is 19.9. The van der Waals surface area contributed by atoms with Crippen LogP contribution in [0.2, 0.25) is 5.02 Å². The predicted octanol–water partition coefficient (Wildman–Crippen LogP) is 4.48. The third-order valence-electron chi connectivity index (χ3n) is 4.04. The summed E-state index contributed by atoms with van der Waals surface area (Å²) < 4.78 is 27.5. The third kappa shape index (κ3) is 4.71. The van der Waals surface area contributed by atoms with Crippen LogP contribution in [-0.2, 0) is 14.8 Å². The van der Waals surface area contributed by atoms with Gasteiger partial charge < -0.3 is 5.32 Å². The average molecular weight is 415 g/mol. The molecule has 1 N–H and O–H groups in total. The van der Waals surface area contributed by atoms with Gasteiger partial charge in [0.1, 0.15) is 6.54 Å². The molecule has 0 aliphatic heterocycles. The van der Waals surface area contributed by atoms with Crippen LogP contribution in [0.5, 0.6) is 0 Å². The lowest BCUT2D eigenvalue weighted by molar-refractivity contribution is -0.114. The van der Waals surface area contributed by atoms with E-state index in [2.05, 4.69) is 5.32 Å². The van der Waals surface area contributed by atoms with Crippen molar-refractivity contribution in [2.45, 2.75) is 11.8 Å². The molecule has 3 aromatic rings. The van der Waals surface area contributed by atoms with Crippen molar-refractivity contribution in [2.75, 3.05) is 16.2 Å². The van der Waals surface area contributed by atoms with Crippen LogP contribution in [-0.4, -0.2) is 20.9 Å². The number of nitrogens with one attached hydrogen (secondary N) is 1. The van der Waals surface area contributed by atoms with E-state index in [1.54, 1.807) is 60.7 Å². The molecule has 0 bridgehead atoms. The van der Waals surface area contributed by atoms with Crippen LogP contribution < -0.4 is 9.62 Å². The number of amides is 1. The highest BCUT2D eigenvalue weighted by molar-refractivity contribution is 7.92. The van der Waals surface area contributed by atoms with Gasteiger partial charge in [-0.15, -0.1) is 0 Å². The minimum atomic E-state index is -3.91. The molecular formula is C21H19ClN2O3S. The molecular weight excluding hydrogens is 396 g/mol. The molecule has 144 valence electrons. The van der Waals surface area contributed by atoms with Crippen LogP contribution in [0.25, 0.3) is 0 Å². The lowest BCUT2D eigenvalue weighted by Crippen LogP contribution is -2.38. The summed E-state index contributed by atoms with van der Waals surface area (Å²) in [6.45, 7) is 1.51. The Morgan fingerprint density at radius 1 is 0.964 bits per heavy atom. The van der Waals surface area contributed by atoms with Crippen LogP contribution in [0, 0.1) is 6.92 Å². The zero-order valence-electron chi connectivity index (χ0n) is 15.2. The van der Waals surface area contributed by atoms with E-state index in [0.717, 1.165) is 9.87 Å². The van der Waals surface area contributed by atoms with Gasteiger partial charge in [0.25, 0.3) is 10.0 Å². The molecule has 1 amide bonds. The van der Waals surface area contributed by atoms with Gasteiger partial charge in [-0.1, -0.05) is 41.9 Å². The molecule has 5 nitrogen and oxygen atoms in total. The van der Waals surface area contributed by atoms with Crippen molar-refractivity contribution in [1.82, 2.24) is 0 Å². The number of halogens is 1. The topological polar surface area (TPSA) is 66.5 Å². The van der Waals surface area contributed by atoms with Crippen molar-refractivity contribution in [1.29, 1.82) is 0 Å². The fourth-order valence-electron chi connectivity index (χ4n) is 2.68. The number of sulfonamides is 1. The molecule has 0 radical (unpaired) electrons. The number of anilines is 2. The van der Waals surface area contributed by atoms with Crippen LogP contribution >= 0.6 is 11.6 Å². The van der Waals surface area contributed by atoms with Crippen molar-refractivity contribution < 1.29 is 13.2 Å². The number of benzene rings is 3. The molecule has 0 aromatic heterocycles. The van der Waals surface area contributed by atoms with E-state index in [-0.39, 0.29) is 11.4 Å². The summed E-state index contributed by atoms with van der Waals surface area (Å²) in [6, 6.07) is 21.7. The summed E-state index contributed by atoms with van der Waals surface area (Å²) in [5.74, 6) is -0.455. The molecule has 3 rings (SSSR count). The van der Waals surface area contributed by atoms with Gasteiger partial charge in [-0.25, -0.2) is 8.42 Å². The zero-order chi connectivity index (χ0) is 20.1. The molecule has 7 heteroatoms. The molecule has 28 heavy (non-hydrogen) atoms. The van der Waals surface area contributed by atoms with Crippen molar-refractivity contribution in [3.8, 4) is 0 Å². The third-order valence-corrected chi connectivity index (χ3v) is 6.08. The Hall–Kier alpha value is -2.83. The Morgan fingerprint density at radius 3 is 2.29 bits per heavy atom. The van der Waals surface area contributed by atoms with E-state index >= 15 is 0 Å². The number of carbonyl (C=O) groups excluding carboxylic acids is 1. The Balaban J connectivity index is 1.92. The summed E-state index contributed by atoms with van der Waals surface area (Å²) in [7, 11) is -3.91. The summed E-state index contributed by atoms with van der Waals surface area (Å²) in [4.78, 5) is 12.7. The molecule has 0 saturated heterocycles. The van der Waals surface area contributed by atoms with Crippen molar-refractivity contribution in [3.05, 3.63) is 89.4 Å². The Bertz CT molecular complexity index is 1070. The average Bonchev–Trinajstić information content (AvgIpc) is 2.68. The fourth-order valence-corrected chi connectivity index (χ4v) is 4.24.